The van der Waals surface area contributed by atoms with Gasteiger partial charge in [0.25, 0.3) is 0 Å². The van der Waals surface area contributed by atoms with Crippen LogP contribution < -0.4 is 9.47 Å². The summed E-state index contributed by atoms with van der Waals surface area (Å²) in [6.45, 7) is 7.52. The van der Waals surface area contributed by atoms with E-state index in [1.807, 2.05) is 59.7 Å². The smallest absolute Gasteiger partial charge is 0.497 e. The minimum absolute atomic E-state index is 0.576. The van der Waals surface area contributed by atoms with Gasteiger partial charge in [-0.15, -0.1) is 0 Å². The van der Waals surface area contributed by atoms with Crippen molar-refractivity contribution in [1.82, 2.24) is 4.48 Å². The van der Waals surface area contributed by atoms with E-state index in [4.69, 9.17) is 9.47 Å². The molecule has 7 heteroatoms. The minimum atomic E-state index is -4.05. The van der Waals surface area contributed by atoms with Gasteiger partial charge in [0.15, 0.2) is 5.70 Å². The number of nitrogens with zero attached hydrogens (tertiary/aromatic N) is 2. The van der Waals surface area contributed by atoms with Gasteiger partial charge >= 0.3 is 6.97 Å². The average molecular weight is 440 g/mol. The van der Waals surface area contributed by atoms with E-state index in [2.05, 4.69) is 0 Å². The Morgan fingerprint density at radius 3 is 2.25 bits per heavy atom. The summed E-state index contributed by atoms with van der Waals surface area (Å²) in [6, 6.07) is 5.55. The fourth-order valence-corrected chi connectivity index (χ4v) is 5.74. The average Bonchev–Trinajstić information content (AvgIpc) is 3.18. The van der Waals surface area contributed by atoms with E-state index < -0.39 is 6.97 Å². The van der Waals surface area contributed by atoms with Crippen LogP contribution in [-0.2, 0) is 6.42 Å². The highest BCUT2D eigenvalue weighted by molar-refractivity contribution is 6.58. The molecule has 32 heavy (non-hydrogen) atoms. The molecule has 0 atom stereocenters. The molecule has 2 aromatic rings. The number of allylic oxidation sites excluding steroid dienone is 2. The summed E-state index contributed by atoms with van der Waals surface area (Å²) >= 11 is 0. The first-order chi connectivity index (χ1) is 15.1. The highest BCUT2D eigenvalue weighted by Crippen LogP contribution is 2.49. The molecule has 0 spiro atoms. The monoisotopic (exact) mass is 440 g/mol. The number of fused-ring (bicyclic) bond motifs is 2. The van der Waals surface area contributed by atoms with Crippen molar-refractivity contribution in [3.8, 4) is 11.5 Å². The van der Waals surface area contributed by atoms with Crippen LogP contribution in [0.25, 0.3) is 5.57 Å². The molecule has 4 nitrogen and oxygen atoms in total. The van der Waals surface area contributed by atoms with Gasteiger partial charge in [0.2, 0.25) is 0 Å². The van der Waals surface area contributed by atoms with Crippen LogP contribution in [0.4, 0.5) is 8.63 Å². The zero-order valence-corrected chi connectivity index (χ0v) is 20.2. The predicted molar refractivity (Wildman–Crippen MR) is 126 cm³/mol. The van der Waals surface area contributed by atoms with Crippen molar-refractivity contribution < 1.29 is 22.6 Å². The third kappa shape index (κ3) is 2.76. The van der Waals surface area contributed by atoms with Crippen molar-refractivity contribution in [1.29, 1.82) is 0 Å². The molecule has 0 radical (unpaired) electrons. The van der Waals surface area contributed by atoms with Gasteiger partial charge in [-0.2, -0.15) is 0 Å². The Morgan fingerprint density at radius 1 is 1.00 bits per heavy atom. The van der Waals surface area contributed by atoms with Crippen LogP contribution in [-0.4, -0.2) is 35.9 Å². The summed E-state index contributed by atoms with van der Waals surface area (Å²) < 4.78 is 46.4. The van der Waals surface area contributed by atoms with Crippen LogP contribution in [0.1, 0.15) is 62.2 Å². The van der Waals surface area contributed by atoms with Crippen molar-refractivity contribution in [2.75, 3.05) is 14.2 Å². The Kier molecular flexibility index (Phi) is 5.34. The second-order valence-corrected chi connectivity index (χ2v) is 8.55. The first-order valence-electron chi connectivity index (χ1n) is 11.2. The van der Waals surface area contributed by atoms with E-state index in [1.165, 1.54) is 8.96 Å². The van der Waals surface area contributed by atoms with E-state index in [1.54, 1.807) is 14.2 Å². The maximum absolute atomic E-state index is 16.3. The Morgan fingerprint density at radius 2 is 1.69 bits per heavy atom. The number of methoxy groups -OCH3 is 2. The second kappa shape index (κ2) is 7.64. The summed E-state index contributed by atoms with van der Waals surface area (Å²) in [5.41, 5.74) is 7.66. The molecule has 0 unspecified atom stereocenters. The Hall–Kier alpha value is -2.83. The molecule has 170 valence electrons. The summed E-state index contributed by atoms with van der Waals surface area (Å²) in [5, 5.41) is 0. The molecule has 2 aliphatic heterocycles. The summed E-state index contributed by atoms with van der Waals surface area (Å²) in [5.74, 6) is 1.28. The number of ether oxygens (including phenoxy) is 2. The van der Waals surface area contributed by atoms with Crippen molar-refractivity contribution in [3.05, 3.63) is 63.1 Å². The molecule has 0 fully saturated rings. The SMILES string of the molecule is CCC1=C(C)C2=C(c3cc(OC)ccc3OC)c3c(C)c(CC)c(C)n3[B-](F)(F)[N+]2=C1C. The zero-order valence-electron chi connectivity index (χ0n) is 20.2. The maximum Gasteiger partial charge on any atom is 0.737 e. The van der Waals surface area contributed by atoms with Crippen molar-refractivity contribution in [2.45, 2.75) is 54.4 Å². The van der Waals surface area contributed by atoms with Crippen molar-refractivity contribution >= 4 is 18.3 Å². The molecule has 1 aromatic carbocycles. The predicted octanol–water partition coefficient (Wildman–Crippen LogP) is 5.89. The van der Waals surface area contributed by atoms with E-state index in [0.717, 1.165) is 33.4 Å². The van der Waals surface area contributed by atoms with Crippen LogP contribution in [0, 0.1) is 13.8 Å². The topological polar surface area (TPSA) is 26.4 Å². The largest absolute Gasteiger partial charge is 0.737 e. The van der Waals surface area contributed by atoms with E-state index >= 15 is 8.63 Å². The molecular formula is C25H31BF2N2O2. The lowest BCUT2D eigenvalue weighted by Crippen LogP contribution is -2.51. The summed E-state index contributed by atoms with van der Waals surface area (Å²) in [4.78, 5) is 0. The van der Waals surface area contributed by atoms with Crippen LogP contribution in [0.2, 0.25) is 0 Å². The molecule has 2 aliphatic rings. The molecule has 0 bridgehead atoms. The fourth-order valence-electron chi connectivity index (χ4n) is 5.74. The van der Waals surface area contributed by atoms with Gasteiger partial charge in [0.1, 0.15) is 17.2 Å². The second-order valence-electron chi connectivity index (χ2n) is 8.55. The number of hydrogen-bond acceptors (Lipinski definition) is 2. The first kappa shape index (κ1) is 22.4. The lowest BCUT2D eigenvalue weighted by Gasteiger charge is -2.34. The fraction of sp³-hybridized carbons (Fsp3) is 0.400. The maximum atomic E-state index is 16.3. The molecule has 1 aromatic heterocycles. The third-order valence-corrected chi connectivity index (χ3v) is 7.17. The van der Waals surface area contributed by atoms with Crippen LogP contribution in [0.3, 0.4) is 0 Å². The Bertz CT molecular complexity index is 1240. The van der Waals surface area contributed by atoms with Crippen molar-refractivity contribution in [3.63, 3.8) is 0 Å². The van der Waals surface area contributed by atoms with Gasteiger partial charge in [0, 0.05) is 29.3 Å². The van der Waals surface area contributed by atoms with E-state index in [9.17, 15) is 0 Å². The number of aromatic nitrogens is 1. The minimum Gasteiger partial charge on any atom is -0.497 e. The first-order valence-corrected chi connectivity index (χ1v) is 11.2. The van der Waals surface area contributed by atoms with E-state index in [-0.39, 0.29) is 0 Å². The van der Waals surface area contributed by atoms with Gasteiger partial charge in [0.05, 0.1) is 19.8 Å². The third-order valence-electron chi connectivity index (χ3n) is 7.17. The Labute approximate surface area is 188 Å². The van der Waals surface area contributed by atoms with Crippen LogP contribution in [0.5, 0.6) is 11.5 Å². The highest BCUT2D eigenvalue weighted by atomic mass is 19.2. The summed E-state index contributed by atoms with van der Waals surface area (Å²) in [6.07, 6.45) is 1.39. The molecule has 0 amide bonds. The quantitative estimate of drug-likeness (QED) is 0.542. The van der Waals surface area contributed by atoms with Gasteiger partial charge in [-0.1, -0.05) is 13.8 Å². The lowest BCUT2D eigenvalue weighted by molar-refractivity contribution is -0.363. The van der Waals surface area contributed by atoms with Gasteiger partial charge < -0.3 is 27.1 Å². The highest BCUT2D eigenvalue weighted by Gasteiger charge is 2.57. The number of benzene rings is 1. The number of hydrogen-bond donors (Lipinski definition) is 0. The molecule has 0 saturated carbocycles. The molecule has 0 aliphatic carbocycles. The van der Waals surface area contributed by atoms with E-state index in [0.29, 0.717) is 47.1 Å². The lowest BCUT2D eigenvalue weighted by atomic mass is 9.83. The molecule has 4 rings (SSSR count). The molecule has 0 N–H and O–H groups in total. The molecular weight excluding hydrogens is 409 g/mol. The Balaban J connectivity index is 2.26. The van der Waals surface area contributed by atoms with Crippen LogP contribution in [0.15, 0.2) is 35.0 Å². The van der Waals surface area contributed by atoms with Crippen molar-refractivity contribution in [2.24, 2.45) is 0 Å². The zero-order chi connectivity index (χ0) is 23.5. The number of halogens is 2. The van der Waals surface area contributed by atoms with Gasteiger partial charge in [-0.25, -0.2) is 0 Å². The molecule has 3 heterocycles. The summed E-state index contributed by atoms with van der Waals surface area (Å²) in [7, 11) is 3.21. The van der Waals surface area contributed by atoms with Gasteiger partial charge in [-0.05, 0) is 68.6 Å². The number of rotatable bonds is 5. The van der Waals surface area contributed by atoms with Crippen LogP contribution >= 0.6 is 0 Å². The normalized spacial score (nSPS) is 17.2. The van der Waals surface area contributed by atoms with Gasteiger partial charge in [-0.3, -0.25) is 0 Å². The molecule has 0 saturated heterocycles. The standard InChI is InChI=1S/C25H31BF2N2O2/c1-9-19-14(3)24-23(21-13-18(31-7)11-12-22(21)32-8)25-15(4)20(10-2)17(6)30(25)26(27,28)29(24)16(19)5/h11-13H,9-10H2,1-8H3.